The van der Waals surface area contributed by atoms with Crippen LogP contribution in [0.3, 0.4) is 0 Å². The zero-order valence-corrected chi connectivity index (χ0v) is 21.3. The largest absolute Gasteiger partial charge is 0.481 e. The number of aromatic nitrogens is 3. The molecule has 3 heterocycles. The lowest BCUT2D eigenvalue weighted by molar-refractivity contribution is -0.121. The molecule has 0 bridgehead atoms. The topological polar surface area (TPSA) is 116 Å². The van der Waals surface area contributed by atoms with Gasteiger partial charge in [0, 0.05) is 34.8 Å². The van der Waals surface area contributed by atoms with E-state index in [0.717, 1.165) is 11.8 Å². The maximum atomic E-state index is 13.8. The van der Waals surface area contributed by atoms with Gasteiger partial charge in [-0.05, 0) is 48.5 Å². The highest BCUT2D eigenvalue weighted by Crippen LogP contribution is 2.28. The lowest BCUT2D eigenvalue weighted by Crippen LogP contribution is -2.27. The van der Waals surface area contributed by atoms with Gasteiger partial charge in [-0.25, -0.2) is 22.8 Å². The van der Waals surface area contributed by atoms with E-state index in [1.807, 2.05) is 0 Å². The standard InChI is InChI=1S/C27H23FN4O5S/c1-36-26-18(5-9-22(31-26)17-3-7-21(8-4-17)38(2,34)35)15-30-25(33)16-32-23-10-6-20(28)13-19(23)14-24(32)27-29-11-12-37-27/h3-14H,15-16H2,1-2H3,(H,30,33). The van der Waals surface area contributed by atoms with Gasteiger partial charge in [-0.15, -0.1) is 0 Å². The minimum atomic E-state index is -3.30. The van der Waals surface area contributed by atoms with E-state index in [-0.39, 0.29) is 29.7 Å². The summed E-state index contributed by atoms with van der Waals surface area (Å²) in [6.07, 6.45) is 4.08. The zero-order chi connectivity index (χ0) is 26.9. The molecule has 0 aliphatic heterocycles. The number of ether oxygens (including phenoxy) is 1. The summed E-state index contributed by atoms with van der Waals surface area (Å²) < 4.78 is 49.8. The van der Waals surface area contributed by atoms with Crippen molar-refractivity contribution in [2.24, 2.45) is 0 Å². The van der Waals surface area contributed by atoms with Gasteiger partial charge in [0.05, 0.1) is 23.9 Å². The van der Waals surface area contributed by atoms with E-state index < -0.39 is 9.84 Å². The number of sulfone groups is 1. The van der Waals surface area contributed by atoms with E-state index in [2.05, 4.69) is 15.3 Å². The van der Waals surface area contributed by atoms with Crippen LogP contribution >= 0.6 is 0 Å². The second-order valence-electron chi connectivity index (χ2n) is 8.59. The van der Waals surface area contributed by atoms with Crippen LogP contribution in [0.2, 0.25) is 0 Å². The third kappa shape index (κ3) is 5.14. The number of nitrogens with one attached hydrogen (secondary N) is 1. The number of rotatable bonds is 8. The van der Waals surface area contributed by atoms with Crippen molar-refractivity contribution in [2.75, 3.05) is 13.4 Å². The van der Waals surface area contributed by atoms with Gasteiger partial charge in [0.25, 0.3) is 0 Å². The highest BCUT2D eigenvalue weighted by atomic mass is 32.2. The SMILES string of the molecule is COc1nc(-c2ccc(S(C)(=O)=O)cc2)ccc1CNC(=O)Cn1c(-c2ncco2)cc2cc(F)ccc21. The first-order valence-corrected chi connectivity index (χ1v) is 13.4. The normalized spacial score (nSPS) is 11.6. The number of benzene rings is 2. The first-order valence-electron chi connectivity index (χ1n) is 11.5. The molecule has 38 heavy (non-hydrogen) atoms. The maximum Gasteiger partial charge on any atom is 0.243 e. The Morgan fingerprint density at radius 3 is 2.58 bits per heavy atom. The highest BCUT2D eigenvalue weighted by Gasteiger charge is 2.18. The van der Waals surface area contributed by atoms with E-state index in [9.17, 15) is 17.6 Å². The molecule has 0 spiro atoms. The highest BCUT2D eigenvalue weighted by molar-refractivity contribution is 7.90. The van der Waals surface area contributed by atoms with Crippen LogP contribution in [0.15, 0.2) is 82.4 Å². The molecule has 0 aliphatic rings. The molecule has 194 valence electrons. The van der Waals surface area contributed by atoms with Crippen molar-refractivity contribution in [3.63, 3.8) is 0 Å². The molecular weight excluding hydrogens is 511 g/mol. The second kappa shape index (κ2) is 10.1. The van der Waals surface area contributed by atoms with Crippen LogP contribution in [0.25, 0.3) is 33.7 Å². The predicted octanol–water partition coefficient (Wildman–Crippen LogP) is 4.23. The summed E-state index contributed by atoms with van der Waals surface area (Å²) in [5.74, 6) is -0.0210. The van der Waals surface area contributed by atoms with Crippen LogP contribution in [-0.4, -0.2) is 42.2 Å². The lowest BCUT2D eigenvalue weighted by Gasteiger charge is -2.13. The molecule has 0 radical (unpaired) electrons. The van der Waals surface area contributed by atoms with Gasteiger partial charge in [-0.2, -0.15) is 0 Å². The van der Waals surface area contributed by atoms with Crippen LogP contribution in [0.5, 0.6) is 5.88 Å². The molecule has 3 aromatic heterocycles. The van der Waals surface area contributed by atoms with Gasteiger partial charge < -0.3 is 19.0 Å². The number of hydrogen-bond donors (Lipinski definition) is 1. The molecule has 1 N–H and O–H groups in total. The van der Waals surface area contributed by atoms with Crippen LogP contribution in [0.4, 0.5) is 4.39 Å². The fourth-order valence-electron chi connectivity index (χ4n) is 4.15. The average Bonchev–Trinajstić information content (AvgIpc) is 3.55. The fraction of sp³-hybridized carbons (Fsp3) is 0.148. The molecule has 5 aromatic rings. The molecule has 0 saturated carbocycles. The quantitative estimate of drug-likeness (QED) is 0.317. The van der Waals surface area contributed by atoms with Gasteiger partial charge >= 0.3 is 0 Å². The summed E-state index contributed by atoms with van der Waals surface area (Å²) in [5.41, 5.74) is 3.20. The first kappa shape index (κ1) is 25.2. The Bertz CT molecular complexity index is 1730. The van der Waals surface area contributed by atoms with Gasteiger partial charge in [-0.3, -0.25) is 4.79 Å². The third-order valence-corrected chi connectivity index (χ3v) is 7.13. The summed E-state index contributed by atoms with van der Waals surface area (Å²) in [7, 11) is -1.81. The number of amides is 1. The van der Waals surface area contributed by atoms with Gasteiger partial charge in [0.2, 0.25) is 17.7 Å². The van der Waals surface area contributed by atoms with Crippen LogP contribution in [-0.2, 0) is 27.7 Å². The summed E-state index contributed by atoms with van der Waals surface area (Å²) in [6, 6.07) is 16.0. The number of hydrogen-bond acceptors (Lipinski definition) is 7. The van der Waals surface area contributed by atoms with Crippen molar-refractivity contribution < 1.29 is 26.8 Å². The molecule has 0 aliphatic carbocycles. The van der Waals surface area contributed by atoms with Gasteiger partial charge in [-0.1, -0.05) is 12.1 Å². The Morgan fingerprint density at radius 1 is 1.11 bits per heavy atom. The molecule has 0 atom stereocenters. The zero-order valence-electron chi connectivity index (χ0n) is 20.5. The van der Waals surface area contributed by atoms with E-state index in [0.29, 0.717) is 39.6 Å². The van der Waals surface area contributed by atoms with Crippen molar-refractivity contribution in [3.8, 4) is 28.7 Å². The Kier molecular flexibility index (Phi) is 6.68. The summed E-state index contributed by atoms with van der Waals surface area (Å²) in [5, 5.41) is 3.49. The number of carbonyl (C=O) groups is 1. The summed E-state index contributed by atoms with van der Waals surface area (Å²) in [4.78, 5) is 21.9. The Morgan fingerprint density at radius 2 is 1.89 bits per heavy atom. The minimum Gasteiger partial charge on any atom is -0.481 e. The molecule has 0 fully saturated rings. The van der Waals surface area contributed by atoms with Gasteiger partial charge in [0.15, 0.2) is 9.84 Å². The maximum absolute atomic E-state index is 13.8. The minimum absolute atomic E-state index is 0.0483. The molecule has 11 heteroatoms. The van der Waals surface area contributed by atoms with Gasteiger partial charge in [0.1, 0.15) is 24.3 Å². The number of fused-ring (bicyclic) bond motifs is 1. The molecule has 5 rings (SSSR count). The monoisotopic (exact) mass is 534 g/mol. The van der Waals surface area contributed by atoms with Crippen LogP contribution < -0.4 is 10.1 Å². The van der Waals surface area contributed by atoms with Crippen molar-refractivity contribution in [1.82, 2.24) is 19.9 Å². The molecule has 2 aromatic carbocycles. The Hall–Kier alpha value is -4.51. The number of pyridine rings is 1. The summed E-state index contributed by atoms with van der Waals surface area (Å²) in [6.45, 7) is 0.109. The van der Waals surface area contributed by atoms with E-state index in [1.165, 1.54) is 43.8 Å². The average molecular weight is 535 g/mol. The van der Waals surface area contributed by atoms with E-state index in [1.54, 1.807) is 41.0 Å². The number of methoxy groups -OCH3 is 1. The third-order valence-electron chi connectivity index (χ3n) is 6.00. The first-order chi connectivity index (χ1) is 18.2. The Labute approximate surface area is 217 Å². The van der Waals surface area contributed by atoms with E-state index in [4.69, 9.17) is 9.15 Å². The Balaban J connectivity index is 1.34. The fourth-order valence-corrected chi connectivity index (χ4v) is 4.78. The molecule has 0 unspecified atom stereocenters. The molecule has 1 amide bonds. The van der Waals surface area contributed by atoms with E-state index >= 15 is 0 Å². The number of carbonyl (C=O) groups excluding carboxylic acids is 1. The molecule has 0 saturated heterocycles. The second-order valence-corrected chi connectivity index (χ2v) is 10.6. The molecular formula is C27H23FN4O5S. The lowest BCUT2D eigenvalue weighted by atomic mass is 10.1. The van der Waals surface area contributed by atoms with Crippen LogP contribution in [0.1, 0.15) is 5.56 Å². The van der Waals surface area contributed by atoms with Crippen molar-refractivity contribution in [2.45, 2.75) is 18.0 Å². The van der Waals surface area contributed by atoms with Crippen molar-refractivity contribution >= 4 is 26.6 Å². The van der Waals surface area contributed by atoms with Crippen molar-refractivity contribution in [3.05, 3.63) is 84.5 Å². The summed E-state index contributed by atoms with van der Waals surface area (Å²) >= 11 is 0. The number of halogens is 1. The smallest absolute Gasteiger partial charge is 0.243 e. The number of oxazole rings is 1. The van der Waals surface area contributed by atoms with Crippen molar-refractivity contribution in [1.29, 1.82) is 0 Å². The molecule has 9 nitrogen and oxygen atoms in total. The number of nitrogens with zero attached hydrogens (tertiary/aromatic N) is 3. The predicted molar refractivity (Wildman–Crippen MR) is 139 cm³/mol. The van der Waals surface area contributed by atoms with Crippen LogP contribution in [0, 0.1) is 5.82 Å².